The van der Waals surface area contributed by atoms with Gasteiger partial charge in [0.2, 0.25) is 0 Å². The van der Waals surface area contributed by atoms with Crippen LogP contribution in [0.4, 0.5) is 0 Å². The van der Waals surface area contributed by atoms with E-state index in [1.165, 1.54) is 4.90 Å². The summed E-state index contributed by atoms with van der Waals surface area (Å²) >= 11 is 0. The summed E-state index contributed by atoms with van der Waals surface area (Å²) in [5.41, 5.74) is 2.05. The Balaban J connectivity index is 1.46. The smallest absolute Gasteiger partial charge is 0.261 e. The van der Waals surface area contributed by atoms with Crippen molar-refractivity contribution in [1.29, 1.82) is 0 Å². The number of fused-ring (bicyclic) bond motifs is 1. The van der Waals surface area contributed by atoms with Crippen LogP contribution in [0, 0.1) is 0 Å². The zero-order valence-corrected chi connectivity index (χ0v) is 17.2. The molecular formula is C23H28N2O4. The van der Waals surface area contributed by atoms with Gasteiger partial charge in [-0.15, -0.1) is 0 Å². The molecule has 0 saturated heterocycles. The summed E-state index contributed by atoms with van der Waals surface area (Å²) < 4.78 is 11.3. The second-order valence-corrected chi connectivity index (χ2v) is 7.31. The molecule has 3 rings (SSSR count). The molecule has 29 heavy (non-hydrogen) atoms. The second-order valence-electron chi connectivity index (χ2n) is 7.31. The predicted molar refractivity (Wildman–Crippen MR) is 112 cm³/mol. The van der Waals surface area contributed by atoms with Gasteiger partial charge in [-0.1, -0.05) is 24.3 Å². The quantitative estimate of drug-likeness (QED) is 0.490. The summed E-state index contributed by atoms with van der Waals surface area (Å²) in [7, 11) is 1.64. The van der Waals surface area contributed by atoms with Crippen molar-refractivity contribution in [3.05, 3.63) is 59.2 Å². The Bertz CT molecular complexity index is 844. The van der Waals surface area contributed by atoms with Crippen LogP contribution in [-0.4, -0.2) is 43.0 Å². The van der Waals surface area contributed by atoms with Crippen molar-refractivity contribution in [1.82, 2.24) is 10.2 Å². The number of benzene rings is 2. The first-order valence-corrected chi connectivity index (χ1v) is 10.0. The molecule has 1 heterocycles. The van der Waals surface area contributed by atoms with Crippen LogP contribution in [0.5, 0.6) is 11.5 Å². The van der Waals surface area contributed by atoms with E-state index in [1.54, 1.807) is 31.4 Å². The second kappa shape index (κ2) is 9.56. The van der Waals surface area contributed by atoms with E-state index in [1.807, 2.05) is 32.0 Å². The SMILES string of the molecule is COc1cccc(CNCCCCN2C(=O)c3ccccc3C2=O)c1OC(C)C. The fourth-order valence-electron chi connectivity index (χ4n) is 3.42. The Kier molecular flexibility index (Phi) is 6.88. The molecule has 0 radical (unpaired) electrons. The molecule has 1 aliphatic rings. The van der Waals surface area contributed by atoms with Crippen molar-refractivity contribution in [2.45, 2.75) is 39.3 Å². The zero-order valence-electron chi connectivity index (χ0n) is 17.2. The largest absolute Gasteiger partial charge is 0.493 e. The van der Waals surface area contributed by atoms with Gasteiger partial charge in [-0.25, -0.2) is 0 Å². The van der Waals surface area contributed by atoms with Crippen molar-refractivity contribution < 1.29 is 19.1 Å². The fourth-order valence-corrected chi connectivity index (χ4v) is 3.42. The maximum atomic E-state index is 12.4. The molecule has 0 aromatic heterocycles. The highest BCUT2D eigenvalue weighted by molar-refractivity contribution is 6.21. The Morgan fingerprint density at radius 1 is 0.966 bits per heavy atom. The molecule has 0 unspecified atom stereocenters. The molecule has 1 N–H and O–H groups in total. The summed E-state index contributed by atoms with van der Waals surface area (Å²) in [6.45, 7) is 5.86. The van der Waals surface area contributed by atoms with Crippen molar-refractivity contribution >= 4 is 11.8 Å². The Morgan fingerprint density at radius 2 is 1.66 bits per heavy atom. The van der Waals surface area contributed by atoms with Gasteiger partial charge in [-0.3, -0.25) is 14.5 Å². The Morgan fingerprint density at radius 3 is 2.28 bits per heavy atom. The molecule has 0 aliphatic carbocycles. The van der Waals surface area contributed by atoms with Crippen LogP contribution in [0.25, 0.3) is 0 Å². The molecule has 6 nitrogen and oxygen atoms in total. The molecule has 0 bridgehead atoms. The summed E-state index contributed by atoms with van der Waals surface area (Å²) in [6, 6.07) is 12.9. The van der Waals surface area contributed by atoms with Crippen LogP contribution < -0.4 is 14.8 Å². The molecule has 2 aromatic rings. The summed E-state index contributed by atoms with van der Waals surface area (Å²) in [4.78, 5) is 26.1. The minimum Gasteiger partial charge on any atom is -0.493 e. The van der Waals surface area contributed by atoms with E-state index in [4.69, 9.17) is 9.47 Å². The van der Waals surface area contributed by atoms with Gasteiger partial charge in [-0.2, -0.15) is 0 Å². The zero-order chi connectivity index (χ0) is 20.8. The van der Waals surface area contributed by atoms with Crippen LogP contribution in [0.1, 0.15) is 53.0 Å². The van der Waals surface area contributed by atoms with Gasteiger partial charge in [0, 0.05) is 18.7 Å². The molecule has 0 spiro atoms. The predicted octanol–water partition coefficient (Wildman–Crippen LogP) is 3.65. The lowest BCUT2D eigenvalue weighted by atomic mass is 10.1. The number of imide groups is 1. The molecule has 2 amide bonds. The Labute approximate surface area is 171 Å². The van der Waals surface area contributed by atoms with Crippen LogP contribution in [-0.2, 0) is 6.54 Å². The fraction of sp³-hybridized carbons (Fsp3) is 0.391. The number of hydrogen-bond acceptors (Lipinski definition) is 5. The van der Waals surface area contributed by atoms with Gasteiger partial charge in [0.1, 0.15) is 0 Å². The molecule has 1 aliphatic heterocycles. The number of ether oxygens (including phenoxy) is 2. The van der Waals surface area contributed by atoms with Gasteiger partial charge in [0.15, 0.2) is 11.5 Å². The number of hydrogen-bond donors (Lipinski definition) is 1. The summed E-state index contributed by atoms with van der Waals surface area (Å²) in [6.07, 6.45) is 1.67. The first-order valence-electron chi connectivity index (χ1n) is 10.0. The monoisotopic (exact) mass is 396 g/mol. The first-order chi connectivity index (χ1) is 14.0. The number of nitrogens with zero attached hydrogens (tertiary/aromatic N) is 1. The van der Waals surface area contributed by atoms with Crippen LogP contribution in [0.2, 0.25) is 0 Å². The van der Waals surface area contributed by atoms with Gasteiger partial charge < -0.3 is 14.8 Å². The van der Waals surface area contributed by atoms with Crippen LogP contribution in [0.15, 0.2) is 42.5 Å². The number of para-hydroxylation sites is 1. The highest BCUT2D eigenvalue weighted by Gasteiger charge is 2.34. The van der Waals surface area contributed by atoms with Crippen molar-refractivity contribution in [3.63, 3.8) is 0 Å². The molecule has 0 saturated carbocycles. The van der Waals surface area contributed by atoms with E-state index in [0.717, 1.165) is 36.4 Å². The van der Waals surface area contributed by atoms with E-state index in [-0.39, 0.29) is 17.9 Å². The normalized spacial score (nSPS) is 13.2. The minimum atomic E-state index is -0.189. The maximum Gasteiger partial charge on any atom is 0.261 e. The molecule has 0 atom stereocenters. The molecule has 2 aromatic carbocycles. The van der Waals surface area contributed by atoms with Crippen LogP contribution >= 0.6 is 0 Å². The third kappa shape index (κ3) is 4.77. The average Bonchev–Trinajstić information content (AvgIpc) is 2.96. The summed E-state index contributed by atoms with van der Waals surface area (Å²) in [5, 5.41) is 3.41. The minimum absolute atomic E-state index is 0.0599. The molecule has 0 fully saturated rings. The van der Waals surface area contributed by atoms with Crippen molar-refractivity contribution in [3.8, 4) is 11.5 Å². The van der Waals surface area contributed by atoms with E-state index in [0.29, 0.717) is 24.2 Å². The number of rotatable bonds is 10. The Hall–Kier alpha value is -2.86. The van der Waals surface area contributed by atoms with Crippen molar-refractivity contribution in [2.75, 3.05) is 20.2 Å². The number of carbonyl (C=O) groups excluding carboxylic acids is 2. The van der Waals surface area contributed by atoms with Gasteiger partial charge in [0.05, 0.1) is 24.3 Å². The lowest BCUT2D eigenvalue weighted by molar-refractivity contribution is 0.0651. The van der Waals surface area contributed by atoms with E-state index in [2.05, 4.69) is 5.32 Å². The van der Waals surface area contributed by atoms with Gasteiger partial charge >= 0.3 is 0 Å². The maximum absolute atomic E-state index is 12.4. The highest BCUT2D eigenvalue weighted by atomic mass is 16.5. The van der Waals surface area contributed by atoms with Crippen LogP contribution in [0.3, 0.4) is 0 Å². The number of methoxy groups -OCH3 is 1. The number of unbranched alkanes of at least 4 members (excludes halogenated alkanes) is 1. The average molecular weight is 396 g/mol. The topological polar surface area (TPSA) is 67.9 Å². The van der Waals surface area contributed by atoms with Gasteiger partial charge in [-0.05, 0) is 51.4 Å². The third-order valence-electron chi connectivity index (χ3n) is 4.81. The summed E-state index contributed by atoms with van der Waals surface area (Å²) in [5.74, 6) is 1.11. The van der Waals surface area contributed by atoms with E-state index >= 15 is 0 Å². The third-order valence-corrected chi connectivity index (χ3v) is 4.81. The van der Waals surface area contributed by atoms with Crippen molar-refractivity contribution in [2.24, 2.45) is 0 Å². The lowest BCUT2D eigenvalue weighted by Crippen LogP contribution is -2.31. The van der Waals surface area contributed by atoms with E-state index in [9.17, 15) is 9.59 Å². The number of amides is 2. The van der Waals surface area contributed by atoms with E-state index < -0.39 is 0 Å². The van der Waals surface area contributed by atoms with Gasteiger partial charge in [0.25, 0.3) is 11.8 Å². The molecule has 154 valence electrons. The first kappa shape index (κ1) is 20.9. The highest BCUT2D eigenvalue weighted by Crippen LogP contribution is 2.32. The standard InChI is InChI=1S/C23H28N2O4/c1-16(2)29-21-17(9-8-12-20(21)28-3)15-24-13-6-7-14-25-22(26)18-10-4-5-11-19(18)23(25)27/h4-5,8-12,16,24H,6-7,13-15H2,1-3H3. The number of nitrogens with one attached hydrogen (secondary N) is 1. The molecule has 6 heteroatoms. The lowest BCUT2D eigenvalue weighted by Gasteiger charge is -2.18. The molecular weight excluding hydrogens is 368 g/mol. The number of carbonyl (C=O) groups is 2.